The Kier molecular flexibility index (Phi) is 1.51. The summed E-state index contributed by atoms with van der Waals surface area (Å²) in [6, 6.07) is 9.99. The Labute approximate surface area is 87.2 Å². The van der Waals surface area contributed by atoms with Crippen LogP contribution in [0.4, 0.5) is 5.69 Å². The Bertz CT molecular complexity index is 652. The third-order valence-corrected chi connectivity index (χ3v) is 2.60. The van der Waals surface area contributed by atoms with Gasteiger partial charge < -0.3 is 5.73 Å². The topological polar surface area (TPSA) is 43.3 Å². The molecule has 0 atom stereocenters. The maximum Gasteiger partial charge on any atom is 0.137 e. The highest BCUT2D eigenvalue weighted by Crippen LogP contribution is 2.22. The van der Waals surface area contributed by atoms with Crippen LogP contribution < -0.4 is 5.73 Å². The number of nitrogen functional groups attached to an aromatic ring is 1. The highest BCUT2D eigenvalue weighted by atomic mass is 15.0. The Balaban J connectivity index is 2.62. The molecule has 0 fully saturated rings. The highest BCUT2D eigenvalue weighted by Gasteiger charge is 2.04. The monoisotopic (exact) mass is 197 g/mol. The van der Waals surface area contributed by atoms with Gasteiger partial charge in [-0.1, -0.05) is 12.1 Å². The quantitative estimate of drug-likeness (QED) is 0.562. The van der Waals surface area contributed by atoms with E-state index in [1.165, 1.54) is 0 Å². The molecule has 0 unspecified atom stereocenters. The first-order valence-electron chi connectivity index (χ1n) is 4.88. The van der Waals surface area contributed by atoms with Gasteiger partial charge in [-0.2, -0.15) is 0 Å². The van der Waals surface area contributed by atoms with Gasteiger partial charge in [0.05, 0.1) is 16.9 Å². The minimum absolute atomic E-state index is 0.788. The molecule has 2 aromatic heterocycles. The lowest BCUT2D eigenvalue weighted by Crippen LogP contribution is -1.93. The van der Waals surface area contributed by atoms with E-state index < -0.39 is 0 Å². The predicted octanol–water partition coefficient (Wildman–Crippen LogP) is 2.38. The molecule has 0 spiro atoms. The maximum absolute atomic E-state index is 5.98. The summed E-state index contributed by atoms with van der Waals surface area (Å²) in [5, 5.41) is 1.14. The Morgan fingerprint density at radius 3 is 2.93 bits per heavy atom. The molecule has 2 N–H and O–H groups in total. The van der Waals surface area contributed by atoms with Gasteiger partial charge in [0.15, 0.2) is 0 Å². The van der Waals surface area contributed by atoms with Crippen molar-refractivity contribution >= 4 is 22.2 Å². The molecule has 1 aromatic carbocycles. The summed E-state index contributed by atoms with van der Waals surface area (Å²) in [4.78, 5) is 4.41. The molecule has 0 saturated heterocycles. The molecule has 0 saturated carbocycles. The van der Waals surface area contributed by atoms with Crippen LogP contribution in [0.25, 0.3) is 16.6 Å². The average Bonchev–Trinajstić information content (AvgIpc) is 2.58. The van der Waals surface area contributed by atoms with E-state index in [1.807, 2.05) is 41.8 Å². The summed E-state index contributed by atoms with van der Waals surface area (Å²) in [5.74, 6) is 0. The molecule has 0 aliphatic rings. The maximum atomic E-state index is 5.98. The number of nitrogens with two attached hydrogens (primary N) is 1. The van der Waals surface area contributed by atoms with Gasteiger partial charge in [-0.05, 0) is 25.1 Å². The minimum atomic E-state index is 0.788. The molecule has 0 aliphatic carbocycles. The van der Waals surface area contributed by atoms with Gasteiger partial charge in [-0.15, -0.1) is 0 Å². The van der Waals surface area contributed by atoms with Crippen molar-refractivity contribution < 1.29 is 0 Å². The van der Waals surface area contributed by atoms with E-state index in [0.717, 1.165) is 27.9 Å². The largest absolute Gasteiger partial charge is 0.397 e. The second-order valence-corrected chi connectivity index (χ2v) is 3.73. The van der Waals surface area contributed by atoms with E-state index in [1.54, 1.807) is 0 Å². The molecular formula is C12H11N3. The van der Waals surface area contributed by atoms with Crippen LogP contribution in [0.2, 0.25) is 0 Å². The van der Waals surface area contributed by atoms with Crippen LogP contribution in [0, 0.1) is 6.92 Å². The summed E-state index contributed by atoms with van der Waals surface area (Å²) in [7, 11) is 0. The zero-order valence-electron chi connectivity index (χ0n) is 8.44. The lowest BCUT2D eigenvalue weighted by molar-refractivity contribution is 1.26. The number of benzene rings is 1. The number of para-hydroxylation sites is 1. The molecule has 74 valence electrons. The lowest BCUT2D eigenvalue weighted by atomic mass is 10.2. The number of anilines is 1. The van der Waals surface area contributed by atoms with Crippen LogP contribution in [-0.4, -0.2) is 9.38 Å². The van der Waals surface area contributed by atoms with E-state index in [2.05, 4.69) is 11.1 Å². The van der Waals surface area contributed by atoms with Gasteiger partial charge in [-0.3, -0.25) is 4.40 Å². The van der Waals surface area contributed by atoms with Crippen molar-refractivity contribution in [1.29, 1.82) is 0 Å². The number of hydrogen-bond donors (Lipinski definition) is 1. The summed E-state index contributed by atoms with van der Waals surface area (Å²) in [6.07, 6.45) is 2.01. The van der Waals surface area contributed by atoms with E-state index in [-0.39, 0.29) is 0 Å². The minimum Gasteiger partial charge on any atom is -0.397 e. The number of rotatable bonds is 0. The molecule has 3 nitrogen and oxygen atoms in total. The van der Waals surface area contributed by atoms with E-state index in [9.17, 15) is 0 Å². The number of aromatic nitrogens is 2. The smallest absolute Gasteiger partial charge is 0.137 e. The summed E-state index contributed by atoms with van der Waals surface area (Å²) in [5.41, 5.74) is 9.76. The Morgan fingerprint density at radius 1 is 1.20 bits per heavy atom. The molecule has 2 heterocycles. The number of imidazole rings is 1. The van der Waals surface area contributed by atoms with Crippen molar-refractivity contribution in [2.45, 2.75) is 6.92 Å². The number of aryl methyl sites for hydroxylation is 1. The van der Waals surface area contributed by atoms with Crippen molar-refractivity contribution in [3.63, 3.8) is 0 Å². The van der Waals surface area contributed by atoms with Gasteiger partial charge in [-0.25, -0.2) is 4.98 Å². The number of hydrogen-bond acceptors (Lipinski definition) is 2. The van der Waals surface area contributed by atoms with Gasteiger partial charge >= 0.3 is 0 Å². The first-order valence-corrected chi connectivity index (χ1v) is 4.88. The fraction of sp³-hybridized carbons (Fsp3) is 0.0833. The molecule has 0 radical (unpaired) electrons. The number of nitrogens with zero attached hydrogens (tertiary/aromatic N) is 2. The van der Waals surface area contributed by atoms with E-state index in [0.29, 0.717) is 0 Å². The van der Waals surface area contributed by atoms with Crippen molar-refractivity contribution in [3.8, 4) is 0 Å². The van der Waals surface area contributed by atoms with Crippen molar-refractivity contribution in [2.24, 2.45) is 0 Å². The summed E-state index contributed by atoms with van der Waals surface area (Å²) >= 11 is 0. The first kappa shape index (κ1) is 8.29. The van der Waals surface area contributed by atoms with Crippen molar-refractivity contribution in [1.82, 2.24) is 9.38 Å². The Morgan fingerprint density at radius 2 is 2.07 bits per heavy atom. The second-order valence-electron chi connectivity index (χ2n) is 3.73. The highest BCUT2D eigenvalue weighted by molar-refractivity contribution is 5.91. The number of pyridine rings is 1. The number of fused-ring (bicyclic) bond motifs is 3. The molecule has 15 heavy (non-hydrogen) atoms. The van der Waals surface area contributed by atoms with Gasteiger partial charge in [0.1, 0.15) is 5.65 Å². The standard InChI is InChI=1S/C12H11N3/c1-8-7-15-11(14-8)6-5-9-3-2-4-10(13)12(9)15/h2-7H,13H2,1H3. The van der Waals surface area contributed by atoms with Crippen LogP contribution in [0.5, 0.6) is 0 Å². The molecule has 0 bridgehead atoms. The van der Waals surface area contributed by atoms with Crippen molar-refractivity contribution in [3.05, 3.63) is 42.2 Å². The van der Waals surface area contributed by atoms with Gasteiger partial charge in [0, 0.05) is 11.6 Å². The zero-order valence-corrected chi connectivity index (χ0v) is 8.44. The molecule has 0 aliphatic heterocycles. The summed E-state index contributed by atoms with van der Waals surface area (Å²) < 4.78 is 2.04. The van der Waals surface area contributed by atoms with Crippen LogP contribution in [0.1, 0.15) is 5.69 Å². The van der Waals surface area contributed by atoms with Crippen LogP contribution in [0.15, 0.2) is 36.5 Å². The normalized spacial score (nSPS) is 11.3. The van der Waals surface area contributed by atoms with Crippen molar-refractivity contribution in [2.75, 3.05) is 5.73 Å². The van der Waals surface area contributed by atoms with Crippen LogP contribution in [-0.2, 0) is 0 Å². The van der Waals surface area contributed by atoms with Crippen LogP contribution in [0.3, 0.4) is 0 Å². The zero-order chi connectivity index (χ0) is 10.4. The molecule has 3 aromatic rings. The van der Waals surface area contributed by atoms with Gasteiger partial charge in [0.2, 0.25) is 0 Å². The first-order chi connectivity index (χ1) is 7.25. The SMILES string of the molecule is Cc1cn2c(ccc3cccc(N)c32)n1. The summed E-state index contributed by atoms with van der Waals surface area (Å²) in [6.45, 7) is 1.98. The lowest BCUT2D eigenvalue weighted by Gasteiger charge is -2.04. The molecule has 3 rings (SSSR count). The third-order valence-electron chi connectivity index (χ3n) is 2.60. The predicted molar refractivity (Wildman–Crippen MR) is 61.8 cm³/mol. The fourth-order valence-corrected chi connectivity index (χ4v) is 1.97. The molecule has 3 heteroatoms. The Hall–Kier alpha value is -2.03. The van der Waals surface area contributed by atoms with E-state index in [4.69, 9.17) is 5.73 Å². The van der Waals surface area contributed by atoms with Gasteiger partial charge in [0.25, 0.3) is 0 Å². The molecule has 0 amide bonds. The third kappa shape index (κ3) is 1.09. The average molecular weight is 197 g/mol. The molecular weight excluding hydrogens is 186 g/mol. The second kappa shape index (κ2) is 2.73. The van der Waals surface area contributed by atoms with E-state index >= 15 is 0 Å². The van der Waals surface area contributed by atoms with Crippen LogP contribution >= 0.6 is 0 Å². The fourth-order valence-electron chi connectivity index (χ4n) is 1.97.